The van der Waals surface area contributed by atoms with Crippen LogP contribution in [0.4, 0.5) is 0 Å². The Morgan fingerprint density at radius 2 is 1.76 bits per heavy atom. The van der Waals surface area contributed by atoms with Gasteiger partial charge in [-0.1, -0.05) is 18.2 Å². The molecule has 2 aromatic rings. The average Bonchev–Trinajstić information content (AvgIpc) is 2.48. The Morgan fingerprint density at radius 3 is 2.38 bits per heavy atom. The largest absolute Gasteiger partial charge is 0.508 e. The van der Waals surface area contributed by atoms with E-state index in [0.717, 1.165) is 30.4 Å². The van der Waals surface area contributed by atoms with Gasteiger partial charge in [0.25, 0.3) is 0 Å². The molecule has 1 heterocycles. The lowest BCUT2D eigenvalue weighted by molar-refractivity contribution is 0.182. The number of phenols is 1. The molecule has 110 valence electrons. The molecule has 0 aliphatic rings. The van der Waals surface area contributed by atoms with Crippen molar-refractivity contribution in [2.24, 2.45) is 0 Å². The van der Waals surface area contributed by atoms with Gasteiger partial charge in [-0.2, -0.15) is 0 Å². The van der Waals surface area contributed by atoms with E-state index in [1.54, 1.807) is 31.5 Å². The predicted molar refractivity (Wildman–Crippen MR) is 83.7 cm³/mol. The molecule has 1 aromatic heterocycles. The molecule has 1 aromatic carbocycles. The highest BCUT2D eigenvalue weighted by atomic mass is 16.3. The number of rotatable bonds is 6. The molecule has 0 spiro atoms. The Bertz CT molecular complexity index is 575. The molecule has 0 saturated carbocycles. The molecule has 4 heteroatoms. The Morgan fingerprint density at radius 1 is 1.10 bits per heavy atom. The summed E-state index contributed by atoms with van der Waals surface area (Å²) in [6.45, 7) is 1.80. The van der Waals surface area contributed by atoms with E-state index in [0.29, 0.717) is 5.82 Å². The highest BCUT2D eigenvalue weighted by Gasteiger charge is 1.99. The van der Waals surface area contributed by atoms with Crippen LogP contribution in [0.1, 0.15) is 32.0 Å². The summed E-state index contributed by atoms with van der Waals surface area (Å²) in [7, 11) is 0. The zero-order valence-electron chi connectivity index (χ0n) is 12.1. The number of hydrogen-bond donors (Lipinski definition) is 2. The van der Waals surface area contributed by atoms with Gasteiger partial charge in [0.2, 0.25) is 0 Å². The zero-order chi connectivity index (χ0) is 15.1. The van der Waals surface area contributed by atoms with Crippen molar-refractivity contribution in [3.8, 4) is 16.9 Å². The minimum atomic E-state index is -0.237. The van der Waals surface area contributed by atoms with Gasteiger partial charge in [0.1, 0.15) is 5.75 Å². The van der Waals surface area contributed by atoms with Gasteiger partial charge >= 0.3 is 0 Å². The minimum absolute atomic E-state index is 0.237. The van der Waals surface area contributed by atoms with Gasteiger partial charge in [0, 0.05) is 18.0 Å². The number of nitrogens with zero attached hydrogens (tertiary/aromatic N) is 2. The molecule has 0 saturated heterocycles. The summed E-state index contributed by atoms with van der Waals surface area (Å²) >= 11 is 0. The Labute approximate surface area is 124 Å². The predicted octanol–water partition coefficient (Wildman–Crippen LogP) is 3.41. The zero-order valence-corrected chi connectivity index (χ0v) is 12.1. The lowest BCUT2D eigenvalue weighted by atomic mass is 10.1. The van der Waals surface area contributed by atoms with Crippen molar-refractivity contribution in [3.63, 3.8) is 0 Å². The van der Waals surface area contributed by atoms with Gasteiger partial charge in [-0.25, -0.2) is 9.97 Å². The molecule has 2 rings (SSSR count). The summed E-state index contributed by atoms with van der Waals surface area (Å²) in [5.41, 5.74) is 1.89. The maximum absolute atomic E-state index is 9.27. The molecule has 0 aliphatic carbocycles. The second kappa shape index (κ2) is 7.55. The smallest absolute Gasteiger partial charge is 0.151 e. The summed E-state index contributed by atoms with van der Waals surface area (Å²) in [5, 5.41) is 18.4. The molecule has 0 amide bonds. The third-order valence-corrected chi connectivity index (χ3v) is 3.13. The summed E-state index contributed by atoms with van der Waals surface area (Å²) in [5.74, 6) is 0.922. The van der Waals surface area contributed by atoms with Crippen LogP contribution >= 0.6 is 0 Å². The van der Waals surface area contributed by atoms with Crippen LogP contribution in [-0.2, 0) is 0 Å². The SMILES string of the molecule is CC(O)CCCC=Cc1ncc(-c2ccc(O)cc2)cn1. The number of allylic oxidation sites excluding steroid dienone is 1. The van der Waals surface area contributed by atoms with Crippen molar-refractivity contribution in [2.75, 3.05) is 0 Å². The summed E-state index contributed by atoms with van der Waals surface area (Å²) < 4.78 is 0. The average molecular weight is 284 g/mol. The number of aliphatic hydroxyl groups excluding tert-OH is 1. The fourth-order valence-electron chi connectivity index (χ4n) is 1.95. The second-order valence-electron chi connectivity index (χ2n) is 5.06. The highest BCUT2D eigenvalue weighted by Crippen LogP contribution is 2.20. The quantitative estimate of drug-likeness (QED) is 0.798. The maximum Gasteiger partial charge on any atom is 0.151 e. The van der Waals surface area contributed by atoms with Crippen LogP contribution < -0.4 is 0 Å². The number of phenolic OH excluding ortho intramolecular Hbond substituents is 1. The Hall–Kier alpha value is -2.20. The van der Waals surface area contributed by atoms with Crippen molar-refractivity contribution in [1.29, 1.82) is 0 Å². The molecule has 0 bridgehead atoms. The molecule has 1 unspecified atom stereocenters. The van der Waals surface area contributed by atoms with E-state index in [1.165, 1.54) is 0 Å². The van der Waals surface area contributed by atoms with Gasteiger partial charge in [-0.3, -0.25) is 0 Å². The van der Waals surface area contributed by atoms with E-state index in [-0.39, 0.29) is 11.9 Å². The molecule has 21 heavy (non-hydrogen) atoms. The van der Waals surface area contributed by atoms with E-state index in [9.17, 15) is 5.11 Å². The van der Waals surface area contributed by atoms with Crippen molar-refractivity contribution in [1.82, 2.24) is 9.97 Å². The third kappa shape index (κ3) is 5.00. The molecular weight excluding hydrogens is 264 g/mol. The van der Waals surface area contributed by atoms with Gasteiger partial charge in [0.05, 0.1) is 6.10 Å². The van der Waals surface area contributed by atoms with Crippen molar-refractivity contribution >= 4 is 6.08 Å². The number of aromatic hydroxyl groups is 1. The topological polar surface area (TPSA) is 66.2 Å². The monoisotopic (exact) mass is 284 g/mol. The van der Waals surface area contributed by atoms with Crippen LogP contribution in [0.25, 0.3) is 17.2 Å². The van der Waals surface area contributed by atoms with Gasteiger partial charge in [0.15, 0.2) is 5.82 Å². The summed E-state index contributed by atoms with van der Waals surface area (Å²) in [6.07, 6.45) is 9.91. The molecular formula is C17H20N2O2. The molecule has 1 atom stereocenters. The molecule has 0 aliphatic heterocycles. The Kier molecular flexibility index (Phi) is 5.46. The van der Waals surface area contributed by atoms with Crippen LogP contribution in [0.3, 0.4) is 0 Å². The van der Waals surface area contributed by atoms with Gasteiger partial charge in [-0.15, -0.1) is 0 Å². The standard InChI is InChI=1S/C17H20N2O2/c1-13(20)5-3-2-4-6-17-18-11-15(12-19-17)14-7-9-16(21)10-8-14/h4,6-13,20-21H,2-3,5H2,1H3. The van der Waals surface area contributed by atoms with Crippen molar-refractivity contribution < 1.29 is 10.2 Å². The molecule has 4 nitrogen and oxygen atoms in total. The van der Waals surface area contributed by atoms with Crippen LogP contribution in [0, 0.1) is 0 Å². The molecule has 0 radical (unpaired) electrons. The van der Waals surface area contributed by atoms with Crippen molar-refractivity contribution in [2.45, 2.75) is 32.3 Å². The normalized spacial score (nSPS) is 12.7. The van der Waals surface area contributed by atoms with Crippen LogP contribution in [0.5, 0.6) is 5.75 Å². The third-order valence-electron chi connectivity index (χ3n) is 3.13. The van der Waals surface area contributed by atoms with Crippen LogP contribution in [-0.4, -0.2) is 26.3 Å². The summed E-state index contributed by atoms with van der Waals surface area (Å²) in [6, 6.07) is 6.95. The van der Waals surface area contributed by atoms with Crippen LogP contribution in [0.2, 0.25) is 0 Å². The van der Waals surface area contributed by atoms with Gasteiger partial charge in [-0.05, 0) is 50.0 Å². The highest BCUT2D eigenvalue weighted by molar-refractivity contribution is 5.62. The van der Waals surface area contributed by atoms with Crippen molar-refractivity contribution in [3.05, 3.63) is 48.6 Å². The lowest BCUT2D eigenvalue weighted by Crippen LogP contribution is -1.97. The number of aromatic nitrogens is 2. The lowest BCUT2D eigenvalue weighted by Gasteiger charge is -2.02. The van der Waals surface area contributed by atoms with E-state index in [4.69, 9.17) is 5.11 Å². The number of hydrogen-bond acceptors (Lipinski definition) is 4. The van der Waals surface area contributed by atoms with Crippen LogP contribution in [0.15, 0.2) is 42.7 Å². The molecule has 0 fully saturated rings. The van der Waals surface area contributed by atoms with E-state index in [2.05, 4.69) is 9.97 Å². The van der Waals surface area contributed by atoms with E-state index < -0.39 is 0 Å². The first-order valence-corrected chi connectivity index (χ1v) is 7.11. The number of unbranched alkanes of at least 4 members (excludes halogenated alkanes) is 1. The first-order chi connectivity index (χ1) is 10.1. The number of aliphatic hydroxyl groups is 1. The van der Waals surface area contributed by atoms with E-state index in [1.807, 2.05) is 24.3 Å². The fourth-order valence-corrected chi connectivity index (χ4v) is 1.95. The minimum Gasteiger partial charge on any atom is -0.508 e. The van der Waals surface area contributed by atoms with Gasteiger partial charge < -0.3 is 10.2 Å². The first kappa shape index (κ1) is 15.2. The second-order valence-corrected chi connectivity index (χ2v) is 5.06. The van der Waals surface area contributed by atoms with E-state index >= 15 is 0 Å². The fraction of sp³-hybridized carbons (Fsp3) is 0.294. The maximum atomic E-state index is 9.27. The first-order valence-electron chi connectivity index (χ1n) is 7.11. The molecule has 2 N–H and O–H groups in total. The Balaban J connectivity index is 1.92. The number of benzene rings is 1. The summed E-state index contributed by atoms with van der Waals surface area (Å²) in [4.78, 5) is 8.60.